The van der Waals surface area contributed by atoms with Gasteiger partial charge >= 0.3 is 0 Å². The second-order valence-electron chi connectivity index (χ2n) is 4.68. The zero-order valence-electron chi connectivity index (χ0n) is 11.8. The van der Waals surface area contributed by atoms with Crippen LogP contribution in [0.15, 0.2) is 34.8 Å². The molecule has 0 saturated carbocycles. The highest BCUT2D eigenvalue weighted by Gasteiger charge is 2.08. The SMILES string of the molecule is COc1c(C)ccc(NCc2cc(Cl)ccc2Br)c1C. The number of anilines is 1. The first-order valence-corrected chi connectivity index (χ1v) is 7.52. The molecule has 2 nitrogen and oxygen atoms in total. The lowest BCUT2D eigenvalue weighted by atomic mass is 10.1. The summed E-state index contributed by atoms with van der Waals surface area (Å²) >= 11 is 9.57. The fraction of sp³-hybridized carbons (Fsp3) is 0.250. The van der Waals surface area contributed by atoms with Gasteiger partial charge < -0.3 is 10.1 Å². The van der Waals surface area contributed by atoms with Gasteiger partial charge in [-0.25, -0.2) is 0 Å². The number of benzene rings is 2. The zero-order valence-corrected chi connectivity index (χ0v) is 14.1. The van der Waals surface area contributed by atoms with Crippen LogP contribution < -0.4 is 10.1 Å². The summed E-state index contributed by atoms with van der Waals surface area (Å²) in [5.41, 5.74) is 4.45. The van der Waals surface area contributed by atoms with Crippen LogP contribution in [0.1, 0.15) is 16.7 Å². The number of hydrogen-bond donors (Lipinski definition) is 1. The summed E-state index contributed by atoms with van der Waals surface area (Å²) in [6, 6.07) is 9.92. The first-order chi connectivity index (χ1) is 9.52. The number of ether oxygens (including phenoxy) is 1. The number of aryl methyl sites for hydroxylation is 1. The average molecular weight is 355 g/mol. The van der Waals surface area contributed by atoms with Crippen LogP contribution in [0.4, 0.5) is 5.69 Å². The van der Waals surface area contributed by atoms with E-state index < -0.39 is 0 Å². The van der Waals surface area contributed by atoms with Crippen molar-refractivity contribution in [3.63, 3.8) is 0 Å². The molecule has 2 aromatic rings. The highest BCUT2D eigenvalue weighted by molar-refractivity contribution is 9.10. The lowest BCUT2D eigenvalue weighted by Crippen LogP contribution is -2.03. The Morgan fingerprint density at radius 1 is 1.20 bits per heavy atom. The molecular formula is C16H17BrClNO. The van der Waals surface area contributed by atoms with Gasteiger partial charge in [-0.15, -0.1) is 0 Å². The molecule has 4 heteroatoms. The van der Waals surface area contributed by atoms with Crippen molar-refractivity contribution in [3.05, 3.63) is 56.5 Å². The molecule has 0 aliphatic rings. The maximum Gasteiger partial charge on any atom is 0.126 e. The van der Waals surface area contributed by atoms with E-state index in [1.807, 2.05) is 25.1 Å². The predicted molar refractivity (Wildman–Crippen MR) is 88.9 cm³/mol. The predicted octanol–water partition coefficient (Wildman–Crippen LogP) is 5.34. The molecule has 2 rings (SSSR count). The molecule has 0 fully saturated rings. The maximum absolute atomic E-state index is 6.03. The van der Waals surface area contributed by atoms with E-state index in [9.17, 15) is 0 Å². The van der Waals surface area contributed by atoms with E-state index in [1.54, 1.807) is 7.11 Å². The second kappa shape index (κ2) is 6.51. The smallest absolute Gasteiger partial charge is 0.126 e. The van der Waals surface area contributed by atoms with E-state index in [0.717, 1.165) is 37.6 Å². The molecule has 1 N–H and O–H groups in total. The van der Waals surface area contributed by atoms with E-state index >= 15 is 0 Å². The first kappa shape index (κ1) is 15.2. The van der Waals surface area contributed by atoms with Crippen LogP contribution in [0, 0.1) is 13.8 Å². The largest absolute Gasteiger partial charge is 0.496 e. The van der Waals surface area contributed by atoms with Crippen molar-refractivity contribution in [2.24, 2.45) is 0 Å². The van der Waals surface area contributed by atoms with Crippen LogP contribution in [0.25, 0.3) is 0 Å². The van der Waals surface area contributed by atoms with Crippen LogP contribution >= 0.6 is 27.5 Å². The van der Waals surface area contributed by atoms with Crippen molar-refractivity contribution in [2.75, 3.05) is 12.4 Å². The van der Waals surface area contributed by atoms with Crippen LogP contribution in [-0.2, 0) is 6.54 Å². The van der Waals surface area contributed by atoms with Gasteiger partial charge in [-0.2, -0.15) is 0 Å². The molecule has 0 heterocycles. The highest BCUT2D eigenvalue weighted by atomic mass is 79.9. The third-order valence-electron chi connectivity index (χ3n) is 3.28. The molecule has 0 unspecified atom stereocenters. The molecule has 20 heavy (non-hydrogen) atoms. The fourth-order valence-electron chi connectivity index (χ4n) is 2.20. The molecule has 0 amide bonds. The normalized spacial score (nSPS) is 10.4. The van der Waals surface area contributed by atoms with Crippen molar-refractivity contribution in [1.82, 2.24) is 0 Å². The van der Waals surface area contributed by atoms with Gasteiger partial charge in [0, 0.05) is 27.3 Å². The number of nitrogens with one attached hydrogen (secondary N) is 1. The Morgan fingerprint density at radius 3 is 2.65 bits per heavy atom. The minimum Gasteiger partial charge on any atom is -0.496 e. The molecule has 106 valence electrons. The van der Waals surface area contributed by atoms with E-state index in [-0.39, 0.29) is 0 Å². The first-order valence-electron chi connectivity index (χ1n) is 6.35. The minimum absolute atomic E-state index is 0.703. The van der Waals surface area contributed by atoms with Crippen LogP contribution in [0.5, 0.6) is 5.75 Å². The van der Waals surface area contributed by atoms with Gasteiger partial charge in [-0.1, -0.05) is 33.6 Å². The summed E-state index contributed by atoms with van der Waals surface area (Å²) in [5.74, 6) is 0.931. The quantitative estimate of drug-likeness (QED) is 0.800. The maximum atomic E-state index is 6.03. The average Bonchev–Trinajstić information content (AvgIpc) is 2.42. The second-order valence-corrected chi connectivity index (χ2v) is 5.97. The van der Waals surface area contributed by atoms with Crippen LogP contribution in [0.2, 0.25) is 5.02 Å². The standard InChI is InChI=1S/C16H17BrClNO/c1-10-4-7-15(11(2)16(10)20-3)19-9-12-8-13(18)5-6-14(12)17/h4-8,19H,9H2,1-3H3. The molecule has 0 bridgehead atoms. The van der Waals surface area contributed by atoms with E-state index in [2.05, 4.69) is 40.3 Å². The van der Waals surface area contributed by atoms with E-state index in [4.69, 9.17) is 16.3 Å². The van der Waals surface area contributed by atoms with Crippen molar-refractivity contribution in [1.29, 1.82) is 0 Å². The van der Waals surface area contributed by atoms with Gasteiger partial charge in [0.05, 0.1) is 7.11 Å². The molecule has 0 spiro atoms. The number of halogens is 2. The van der Waals surface area contributed by atoms with E-state index in [0.29, 0.717) is 6.54 Å². The Labute approximate surface area is 133 Å². The van der Waals surface area contributed by atoms with Gasteiger partial charge in [-0.3, -0.25) is 0 Å². The molecule has 0 aromatic heterocycles. The molecule has 0 aliphatic heterocycles. The van der Waals surface area contributed by atoms with Crippen molar-refractivity contribution >= 4 is 33.2 Å². The summed E-state index contributed by atoms with van der Waals surface area (Å²) in [6.45, 7) is 4.80. The lowest BCUT2D eigenvalue weighted by Gasteiger charge is -2.15. The van der Waals surface area contributed by atoms with Crippen molar-refractivity contribution in [2.45, 2.75) is 20.4 Å². The zero-order chi connectivity index (χ0) is 14.7. The number of hydrogen-bond acceptors (Lipinski definition) is 2. The molecule has 0 aliphatic carbocycles. The number of rotatable bonds is 4. The Balaban J connectivity index is 2.21. The van der Waals surface area contributed by atoms with Gasteiger partial charge in [-0.05, 0) is 49.2 Å². The summed E-state index contributed by atoms with van der Waals surface area (Å²) in [4.78, 5) is 0. The summed E-state index contributed by atoms with van der Waals surface area (Å²) in [6.07, 6.45) is 0. The van der Waals surface area contributed by atoms with E-state index in [1.165, 1.54) is 0 Å². The Hall–Kier alpha value is -1.19. The highest BCUT2D eigenvalue weighted by Crippen LogP contribution is 2.30. The molecule has 0 saturated heterocycles. The van der Waals surface area contributed by atoms with Crippen LogP contribution in [0.3, 0.4) is 0 Å². The van der Waals surface area contributed by atoms with Gasteiger partial charge in [0.25, 0.3) is 0 Å². The van der Waals surface area contributed by atoms with Crippen LogP contribution in [-0.4, -0.2) is 7.11 Å². The molecule has 0 radical (unpaired) electrons. The minimum atomic E-state index is 0.703. The monoisotopic (exact) mass is 353 g/mol. The topological polar surface area (TPSA) is 21.3 Å². The fourth-order valence-corrected chi connectivity index (χ4v) is 2.78. The lowest BCUT2D eigenvalue weighted by molar-refractivity contribution is 0.409. The summed E-state index contributed by atoms with van der Waals surface area (Å²) in [5, 5.41) is 4.17. The molecule has 2 aromatic carbocycles. The van der Waals surface area contributed by atoms with Crippen molar-refractivity contribution in [3.8, 4) is 5.75 Å². The Morgan fingerprint density at radius 2 is 1.95 bits per heavy atom. The van der Waals surface area contributed by atoms with Gasteiger partial charge in [0.15, 0.2) is 0 Å². The third kappa shape index (κ3) is 3.28. The van der Waals surface area contributed by atoms with Crippen molar-refractivity contribution < 1.29 is 4.74 Å². The third-order valence-corrected chi connectivity index (χ3v) is 4.29. The molecule has 0 atom stereocenters. The Kier molecular flexibility index (Phi) is 4.95. The van der Waals surface area contributed by atoms with Gasteiger partial charge in [0.2, 0.25) is 0 Å². The van der Waals surface area contributed by atoms with Gasteiger partial charge in [0.1, 0.15) is 5.75 Å². The Bertz CT molecular complexity index is 628. The molecular weight excluding hydrogens is 338 g/mol. The summed E-state index contributed by atoms with van der Waals surface area (Å²) in [7, 11) is 1.70. The number of methoxy groups -OCH3 is 1. The summed E-state index contributed by atoms with van der Waals surface area (Å²) < 4.78 is 6.49.